The molecule has 0 aliphatic carbocycles. The van der Waals surface area contributed by atoms with Crippen molar-refractivity contribution in [2.24, 2.45) is 0 Å². The van der Waals surface area contributed by atoms with E-state index in [4.69, 9.17) is 5.11 Å². The van der Waals surface area contributed by atoms with Crippen molar-refractivity contribution in [2.45, 2.75) is 96.3 Å². The number of carboxylic acids is 1. The zero-order valence-corrected chi connectivity index (χ0v) is 16.4. The van der Waals surface area contributed by atoms with Crippen LogP contribution in [-0.2, 0) is 11.2 Å². The van der Waals surface area contributed by atoms with Crippen LogP contribution in [0.4, 0.5) is 0 Å². The molecule has 0 saturated heterocycles. The first-order valence-corrected chi connectivity index (χ1v) is 10.5. The Bertz CT molecular complexity index is 470. The largest absolute Gasteiger partial charge is 0.481 e. The number of unbranched alkanes of at least 4 members (excludes halogenated alkanes) is 11. The quantitative estimate of drug-likeness (QED) is 0.248. The Balaban J connectivity index is 1.76. The first-order chi connectivity index (χ1) is 12.8. The summed E-state index contributed by atoms with van der Waals surface area (Å²) in [6.07, 6.45) is 25.9. The van der Waals surface area contributed by atoms with E-state index in [0.717, 1.165) is 19.3 Å². The number of aromatic nitrogens is 1. The van der Waals surface area contributed by atoms with Crippen molar-refractivity contribution in [2.75, 3.05) is 0 Å². The maximum absolute atomic E-state index is 10.4. The number of pyridine rings is 1. The third kappa shape index (κ3) is 14.7. The van der Waals surface area contributed by atoms with Crippen LogP contribution >= 0.6 is 0 Å². The molecular formula is C23H37NO2. The Morgan fingerprint density at radius 3 is 2.00 bits per heavy atom. The molecule has 3 heteroatoms. The van der Waals surface area contributed by atoms with E-state index in [1.165, 1.54) is 76.2 Å². The minimum Gasteiger partial charge on any atom is -0.481 e. The van der Waals surface area contributed by atoms with Gasteiger partial charge in [-0.15, -0.1) is 0 Å². The molecule has 0 unspecified atom stereocenters. The van der Waals surface area contributed by atoms with E-state index in [1.54, 1.807) is 0 Å². The van der Waals surface area contributed by atoms with E-state index in [0.29, 0.717) is 6.42 Å². The molecule has 146 valence electrons. The normalized spacial score (nSPS) is 11.2. The number of aliphatic carboxylic acids is 1. The van der Waals surface area contributed by atoms with Crippen LogP contribution in [0.5, 0.6) is 0 Å². The summed E-state index contributed by atoms with van der Waals surface area (Å²) in [4.78, 5) is 14.5. The molecule has 0 amide bonds. The average Bonchev–Trinajstić information content (AvgIpc) is 2.65. The van der Waals surface area contributed by atoms with E-state index >= 15 is 0 Å². The predicted octanol–water partition coefficient (Wildman–Crippen LogP) is 6.73. The summed E-state index contributed by atoms with van der Waals surface area (Å²) < 4.78 is 0. The highest BCUT2D eigenvalue weighted by molar-refractivity contribution is 5.66. The van der Waals surface area contributed by atoms with Crippen LogP contribution in [-0.4, -0.2) is 16.1 Å². The first-order valence-electron chi connectivity index (χ1n) is 10.5. The zero-order valence-electron chi connectivity index (χ0n) is 16.4. The number of allylic oxidation sites excluding steroid dienone is 2. The van der Waals surface area contributed by atoms with Crippen molar-refractivity contribution in [1.82, 2.24) is 4.98 Å². The molecule has 0 fully saturated rings. The third-order valence-corrected chi connectivity index (χ3v) is 4.74. The average molecular weight is 360 g/mol. The minimum absolute atomic E-state index is 0.324. The third-order valence-electron chi connectivity index (χ3n) is 4.74. The molecule has 0 saturated carbocycles. The second kappa shape index (κ2) is 16.8. The fourth-order valence-electron chi connectivity index (χ4n) is 3.15. The summed E-state index contributed by atoms with van der Waals surface area (Å²) in [6.45, 7) is 0. The van der Waals surface area contributed by atoms with Gasteiger partial charge in [0.15, 0.2) is 0 Å². The summed E-state index contributed by atoms with van der Waals surface area (Å²) in [5.41, 5.74) is 1.36. The lowest BCUT2D eigenvalue weighted by atomic mass is 10.1. The fraction of sp³-hybridized carbons (Fsp3) is 0.652. The van der Waals surface area contributed by atoms with E-state index in [1.807, 2.05) is 18.5 Å². The maximum Gasteiger partial charge on any atom is 0.303 e. The Kier molecular flexibility index (Phi) is 14.5. The van der Waals surface area contributed by atoms with Crippen molar-refractivity contribution >= 4 is 5.97 Å². The molecule has 1 aromatic rings. The lowest BCUT2D eigenvalue weighted by Gasteiger charge is -2.02. The van der Waals surface area contributed by atoms with Crippen LogP contribution in [0.25, 0.3) is 0 Å². The van der Waals surface area contributed by atoms with Crippen molar-refractivity contribution in [3.8, 4) is 0 Å². The van der Waals surface area contributed by atoms with Gasteiger partial charge in [-0.1, -0.05) is 63.2 Å². The smallest absolute Gasteiger partial charge is 0.303 e. The summed E-state index contributed by atoms with van der Waals surface area (Å²) in [5, 5.41) is 8.56. The van der Waals surface area contributed by atoms with Gasteiger partial charge in [-0.25, -0.2) is 0 Å². The van der Waals surface area contributed by atoms with E-state index in [-0.39, 0.29) is 0 Å². The van der Waals surface area contributed by atoms with Crippen molar-refractivity contribution in [1.29, 1.82) is 0 Å². The number of carboxylic acid groups (broad SMARTS) is 1. The monoisotopic (exact) mass is 359 g/mol. The SMILES string of the molecule is O=C(O)CCCCCCC/C=C\CCCCCCCCc1cccnc1. The highest BCUT2D eigenvalue weighted by atomic mass is 16.4. The van der Waals surface area contributed by atoms with Gasteiger partial charge in [0.2, 0.25) is 0 Å². The van der Waals surface area contributed by atoms with Gasteiger partial charge >= 0.3 is 5.97 Å². The van der Waals surface area contributed by atoms with Gasteiger partial charge < -0.3 is 5.11 Å². The number of hydrogen-bond donors (Lipinski definition) is 1. The predicted molar refractivity (Wildman–Crippen MR) is 109 cm³/mol. The standard InChI is InChI=1S/C23H37NO2/c25-23(26)19-15-13-11-9-7-5-3-1-2-4-6-8-10-12-14-17-22-18-16-20-24-21-22/h1,3,16,18,20-21H,2,4-15,17,19H2,(H,25,26)/b3-1-. The van der Waals surface area contributed by atoms with E-state index < -0.39 is 5.97 Å². The van der Waals surface area contributed by atoms with Crippen LogP contribution in [0.1, 0.15) is 95.5 Å². The second-order valence-electron chi connectivity index (χ2n) is 7.19. The molecule has 1 rings (SSSR count). The maximum atomic E-state index is 10.4. The molecule has 1 heterocycles. The summed E-state index contributed by atoms with van der Waals surface area (Å²) in [5.74, 6) is -0.669. The van der Waals surface area contributed by atoms with Gasteiger partial charge in [-0.05, 0) is 56.6 Å². The molecule has 0 aliphatic heterocycles. The second-order valence-corrected chi connectivity index (χ2v) is 7.19. The van der Waals surface area contributed by atoms with Crippen LogP contribution in [0.2, 0.25) is 0 Å². The molecule has 0 aliphatic rings. The molecular weight excluding hydrogens is 322 g/mol. The van der Waals surface area contributed by atoms with Gasteiger partial charge in [0.25, 0.3) is 0 Å². The molecule has 0 radical (unpaired) electrons. The minimum atomic E-state index is -0.669. The van der Waals surface area contributed by atoms with Gasteiger partial charge in [0, 0.05) is 18.8 Å². The van der Waals surface area contributed by atoms with Crippen LogP contribution in [0, 0.1) is 0 Å². The van der Waals surface area contributed by atoms with Crippen LogP contribution in [0.15, 0.2) is 36.7 Å². The molecule has 0 atom stereocenters. The summed E-state index contributed by atoms with van der Waals surface area (Å²) >= 11 is 0. The Morgan fingerprint density at radius 2 is 1.42 bits per heavy atom. The number of nitrogens with zero attached hydrogens (tertiary/aromatic N) is 1. The van der Waals surface area contributed by atoms with Crippen molar-refractivity contribution in [3.05, 3.63) is 42.2 Å². The van der Waals surface area contributed by atoms with Crippen LogP contribution < -0.4 is 0 Å². The van der Waals surface area contributed by atoms with Crippen molar-refractivity contribution in [3.63, 3.8) is 0 Å². The summed E-state index contributed by atoms with van der Waals surface area (Å²) in [7, 11) is 0. The first kappa shape index (κ1) is 22.4. The molecule has 1 aromatic heterocycles. The topological polar surface area (TPSA) is 50.2 Å². The number of rotatable bonds is 17. The molecule has 0 aromatic carbocycles. The Morgan fingerprint density at radius 1 is 0.846 bits per heavy atom. The van der Waals surface area contributed by atoms with Gasteiger partial charge in [-0.3, -0.25) is 9.78 Å². The van der Waals surface area contributed by atoms with E-state index in [2.05, 4.69) is 23.2 Å². The van der Waals surface area contributed by atoms with Crippen molar-refractivity contribution < 1.29 is 9.90 Å². The lowest BCUT2D eigenvalue weighted by molar-refractivity contribution is -0.137. The lowest BCUT2D eigenvalue weighted by Crippen LogP contribution is -1.93. The van der Waals surface area contributed by atoms with Crippen LogP contribution in [0.3, 0.4) is 0 Å². The Labute approximate surface area is 159 Å². The zero-order chi connectivity index (χ0) is 18.7. The molecule has 3 nitrogen and oxygen atoms in total. The number of carbonyl (C=O) groups is 1. The van der Waals surface area contributed by atoms with Gasteiger partial charge in [0.1, 0.15) is 0 Å². The molecule has 0 bridgehead atoms. The highest BCUT2D eigenvalue weighted by Gasteiger charge is 1.96. The molecule has 0 spiro atoms. The van der Waals surface area contributed by atoms with E-state index in [9.17, 15) is 4.79 Å². The molecule has 1 N–H and O–H groups in total. The number of hydrogen-bond acceptors (Lipinski definition) is 2. The summed E-state index contributed by atoms with van der Waals surface area (Å²) in [6, 6.07) is 4.18. The Hall–Kier alpha value is -1.64. The highest BCUT2D eigenvalue weighted by Crippen LogP contribution is 2.11. The van der Waals surface area contributed by atoms with Gasteiger partial charge in [0.05, 0.1) is 0 Å². The van der Waals surface area contributed by atoms with Gasteiger partial charge in [-0.2, -0.15) is 0 Å². The number of aryl methyl sites for hydroxylation is 1. The fourth-order valence-corrected chi connectivity index (χ4v) is 3.15. The molecule has 26 heavy (non-hydrogen) atoms.